The van der Waals surface area contributed by atoms with Gasteiger partial charge in [0.25, 0.3) is 0 Å². The molecule has 2 rings (SSSR count). The summed E-state index contributed by atoms with van der Waals surface area (Å²) in [5.41, 5.74) is 7.20. The van der Waals surface area contributed by atoms with Crippen LogP contribution in [0.4, 0.5) is 0 Å². The van der Waals surface area contributed by atoms with E-state index in [1.807, 2.05) is 0 Å². The summed E-state index contributed by atoms with van der Waals surface area (Å²) in [6.45, 7) is 0.331. The fourth-order valence-electron chi connectivity index (χ4n) is 2.40. The maximum atomic E-state index is 12.0. The van der Waals surface area contributed by atoms with Gasteiger partial charge in [0.15, 0.2) is 11.5 Å². The van der Waals surface area contributed by atoms with Crippen LogP contribution in [0, 0.1) is 0 Å². The minimum atomic E-state index is -0.487. The minimum absolute atomic E-state index is 0.261. The maximum Gasteiger partial charge on any atom is 0.248 e. The van der Waals surface area contributed by atoms with Gasteiger partial charge in [0, 0.05) is 18.2 Å². The molecule has 0 aliphatic rings. The standard InChI is InChI=1S/C20H22N2O5/c1-25-16-10-14(11-17(26-2)19(16)27-3)6-9-18(23)22-12-13-4-7-15(8-5-13)20(21)24/h4-11H,12H2,1-3H3,(H2,21,24)(H,22,23)/b9-6+. The molecule has 27 heavy (non-hydrogen) atoms. The second kappa shape index (κ2) is 9.28. The maximum absolute atomic E-state index is 12.0. The molecule has 2 aromatic carbocycles. The molecule has 2 aromatic rings. The van der Waals surface area contributed by atoms with E-state index < -0.39 is 5.91 Å². The van der Waals surface area contributed by atoms with Gasteiger partial charge in [-0.3, -0.25) is 9.59 Å². The van der Waals surface area contributed by atoms with Gasteiger partial charge in [-0.1, -0.05) is 12.1 Å². The van der Waals surface area contributed by atoms with Crippen LogP contribution in [0.15, 0.2) is 42.5 Å². The Morgan fingerprint density at radius 1 is 1.00 bits per heavy atom. The summed E-state index contributed by atoms with van der Waals surface area (Å²) >= 11 is 0. The van der Waals surface area contributed by atoms with Crippen LogP contribution < -0.4 is 25.3 Å². The van der Waals surface area contributed by atoms with Crippen LogP contribution in [0.5, 0.6) is 17.2 Å². The average molecular weight is 370 g/mol. The number of hydrogen-bond acceptors (Lipinski definition) is 5. The Hall–Kier alpha value is -3.48. The zero-order chi connectivity index (χ0) is 19.8. The summed E-state index contributed by atoms with van der Waals surface area (Å²) in [6, 6.07) is 10.2. The lowest BCUT2D eigenvalue weighted by atomic mass is 10.1. The van der Waals surface area contributed by atoms with Crippen LogP contribution in [0.25, 0.3) is 6.08 Å². The lowest BCUT2D eigenvalue weighted by Crippen LogP contribution is -2.20. The quantitative estimate of drug-likeness (QED) is 0.694. The summed E-state index contributed by atoms with van der Waals surface area (Å²) < 4.78 is 15.8. The number of rotatable bonds is 8. The number of hydrogen-bond donors (Lipinski definition) is 2. The molecule has 0 fully saturated rings. The molecule has 0 aromatic heterocycles. The van der Waals surface area contributed by atoms with Gasteiger partial charge in [0.1, 0.15) is 0 Å². The number of nitrogens with two attached hydrogens (primary N) is 1. The van der Waals surface area contributed by atoms with E-state index in [1.165, 1.54) is 27.4 Å². The first-order valence-corrected chi connectivity index (χ1v) is 8.13. The molecule has 0 aliphatic carbocycles. The van der Waals surface area contributed by atoms with Crippen molar-refractivity contribution in [3.8, 4) is 17.2 Å². The van der Waals surface area contributed by atoms with Crippen molar-refractivity contribution in [3.63, 3.8) is 0 Å². The first-order chi connectivity index (χ1) is 13.0. The van der Waals surface area contributed by atoms with Gasteiger partial charge in [-0.05, 0) is 41.5 Å². The Morgan fingerprint density at radius 3 is 2.07 bits per heavy atom. The molecule has 3 N–H and O–H groups in total. The van der Waals surface area contributed by atoms with Crippen LogP contribution in [0.1, 0.15) is 21.5 Å². The fraction of sp³-hybridized carbons (Fsp3) is 0.200. The third-order valence-electron chi connectivity index (χ3n) is 3.82. The lowest BCUT2D eigenvalue weighted by Gasteiger charge is -2.12. The zero-order valence-electron chi connectivity index (χ0n) is 15.4. The van der Waals surface area contributed by atoms with E-state index in [0.717, 1.165) is 11.1 Å². The summed E-state index contributed by atoms with van der Waals surface area (Å²) in [6.07, 6.45) is 3.06. The predicted molar refractivity (Wildman–Crippen MR) is 102 cm³/mol. The van der Waals surface area contributed by atoms with Gasteiger partial charge in [-0.2, -0.15) is 0 Å². The van der Waals surface area contributed by atoms with Crippen LogP contribution in [-0.2, 0) is 11.3 Å². The number of ether oxygens (including phenoxy) is 3. The number of benzene rings is 2. The van der Waals surface area contributed by atoms with E-state index in [9.17, 15) is 9.59 Å². The summed E-state index contributed by atoms with van der Waals surface area (Å²) in [5, 5.41) is 2.77. The normalized spacial score (nSPS) is 10.5. The van der Waals surface area contributed by atoms with Crippen molar-refractivity contribution in [2.24, 2.45) is 5.73 Å². The van der Waals surface area contributed by atoms with Gasteiger partial charge in [-0.25, -0.2) is 0 Å². The largest absolute Gasteiger partial charge is 0.493 e. The van der Waals surface area contributed by atoms with E-state index in [2.05, 4.69) is 5.32 Å². The Morgan fingerprint density at radius 2 is 1.59 bits per heavy atom. The van der Waals surface area contributed by atoms with Gasteiger partial charge in [0.05, 0.1) is 21.3 Å². The molecule has 142 valence electrons. The number of nitrogens with one attached hydrogen (secondary N) is 1. The average Bonchev–Trinajstić information content (AvgIpc) is 2.69. The second-order valence-corrected chi connectivity index (χ2v) is 5.57. The molecule has 7 heteroatoms. The Bertz CT molecular complexity index is 819. The summed E-state index contributed by atoms with van der Waals surface area (Å²) in [4.78, 5) is 23.1. The van der Waals surface area contributed by atoms with Crippen LogP contribution >= 0.6 is 0 Å². The molecule has 0 saturated heterocycles. The molecule has 2 amide bonds. The molecule has 0 spiro atoms. The molecule has 0 bridgehead atoms. The van der Waals surface area contributed by atoms with E-state index in [0.29, 0.717) is 29.4 Å². The summed E-state index contributed by atoms with van der Waals surface area (Å²) in [7, 11) is 4.58. The SMILES string of the molecule is COc1cc(/C=C/C(=O)NCc2ccc(C(N)=O)cc2)cc(OC)c1OC. The van der Waals surface area contributed by atoms with E-state index in [-0.39, 0.29) is 5.91 Å². The van der Waals surface area contributed by atoms with Gasteiger partial charge in [-0.15, -0.1) is 0 Å². The first-order valence-electron chi connectivity index (χ1n) is 8.13. The van der Waals surface area contributed by atoms with Crippen molar-refractivity contribution < 1.29 is 23.8 Å². The van der Waals surface area contributed by atoms with Crippen LogP contribution in [0.2, 0.25) is 0 Å². The number of amides is 2. The van der Waals surface area contributed by atoms with Gasteiger partial charge in [0.2, 0.25) is 17.6 Å². The van der Waals surface area contributed by atoms with Crippen LogP contribution in [-0.4, -0.2) is 33.1 Å². The van der Waals surface area contributed by atoms with E-state index >= 15 is 0 Å². The van der Waals surface area contributed by atoms with Gasteiger partial charge >= 0.3 is 0 Å². The van der Waals surface area contributed by atoms with E-state index in [4.69, 9.17) is 19.9 Å². The smallest absolute Gasteiger partial charge is 0.248 e. The molecule has 0 atom stereocenters. The lowest BCUT2D eigenvalue weighted by molar-refractivity contribution is -0.116. The highest BCUT2D eigenvalue weighted by atomic mass is 16.5. The molecule has 0 unspecified atom stereocenters. The molecular weight excluding hydrogens is 348 g/mol. The van der Waals surface area contributed by atoms with Gasteiger partial charge < -0.3 is 25.3 Å². The molecule has 0 heterocycles. The highest BCUT2D eigenvalue weighted by Crippen LogP contribution is 2.38. The van der Waals surface area contributed by atoms with Crippen molar-refractivity contribution in [2.45, 2.75) is 6.54 Å². The topological polar surface area (TPSA) is 99.9 Å². The van der Waals surface area contributed by atoms with Crippen molar-refractivity contribution in [1.82, 2.24) is 5.32 Å². The monoisotopic (exact) mass is 370 g/mol. The van der Waals surface area contributed by atoms with Crippen LogP contribution in [0.3, 0.4) is 0 Å². The molecular formula is C20H22N2O5. The third-order valence-corrected chi connectivity index (χ3v) is 3.82. The molecule has 0 radical (unpaired) electrons. The van der Waals surface area contributed by atoms with Crippen molar-refractivity contribution in [1.29, 1.82) is 0 Å². The zero-order valence-corrected chi connectivity index (χ0v) is 15.4. The number of methoxy groups -OCH3 is 3. The molecule has 0 saturated carbocycles. The number of primary amides is 1. The Labute approximate surface area is 157 Å². The first kappa shape index (κ1) is 19.8. The molecule has 0 aliphatic heterocycles. The Balaban J connectivity index is 2.02. The highest BCUT2D eigenvalue weighted by Gasteiger charge is 2.12. The fourth-order valence-corrected chi connectivity index (χ4v) is 2.40. The molecule has 7 nitrogen and oxygen atoms in total. The van der Waals surface area contributed by atoms with E-state index in [1.54, 1.807) is 42.5 Å². The predicted octanol–water partition coefficient (Wildman–Crippen LogP) is 2.14. The Kier molecular flexibility index (Phi) is 6.82. The number of carbonyl (C=O) groups is 2. The number of carbonyl (C=O) groups excluding carboxylic acids is 2. The van der Waals surface area contributed by atoms with Crippen molar-refractivity contribution >= 4 is 17.9 Å². The highest BCUT2D eigenvalue weighted by molar-refractivity contribution is 5.93. The summed E-state index contributed by atoms with van der Waals surface area (Å²) in [5.74, 6) is 0.750. The van der Waals surface area contributed by atoms with Crippen molar-refractivity contribution in [3.05, 3.63) is 59.2 Å². The third kappa shape index (κ3) is 5.24. The van der Waals surface area contributed by atoms with Crippen molar-refractivity contribution in [2.75, 3.05) is 21.3 Å². The second-order valence-electron chi connectivity index (χ2n) is 5.57. The minimum Gasteiger partial charge on any atom is -0.493 e.